The van der Waals surface area contributed by atoms with Gasteiger partial charge in [-0.25, -0.2) is 0 Å². The zero-order valence-corrected chi connectivity index (χ0v) is 16.4. The summed E-state index contributed by atoms with van der Waals surface area (Å²) in [5, 5.41) is 14.4. The van der Waals surface area contributed by atoms with Crippen molar-refractivity contribution in [1.29, 1.82) is 5.41 Å². The van der Waals surface area contributed by atoms with E-state index in [2.05, 4.69) is 16.0 Å². The van der Waals surface area contributed by atoms with Crippen molar-refractivity contribution in [2.75, 3.05) is 13.1 Å². The molecule has 0 unspecified atom stereocenters. The molecule has 13 nitrogen and oxygen atoms in total. The second-order valence-corrected chi connectivity index (χ2v) is 6.57. The van der Waals surface area contributed by atoms with Crippen LogP contribution in [-0.4, -0.2) is 60.8 Å². The minimum Gasteiger partial charge on any atom is -0.370 e. The number of amides is 4. The van der Waals surface area contributed by atoms with E-state index in [1.165, 1.54) is 0 Å². The second kappa shape index (κ2) is 14.1. The predicted octanol–water partition coefficient (Wildman–Crippen LogP) is -3.96. The molecule has 166 valence electrons. The van der Waals surface area contributed by atoms with Gasteiger partial charge in [-0.2, -0.15) is 0 Å². The molecular weight excluding hydrogens is 382 g/mol. The number of rotatable bonds is 15. The Morgan fingerprint density at radius 3 is 2.00 bits per heavy atom. The molecule has 3 atom stereocenters. The van der Waals surface area contributed by atoms with Crippen molar-refractivity contribution in [3.05, 3.63) is 0 Å². The number of guanidine groups is 1. The molecule has 0 aromatic carbocycles. The summed E-state index contributed by atoms with van der Waals surface area (Å²) in [6.07, 6.45) is 1.77. The lowest BCUT2D eigenvalue weighted by Crippen LogP contribution is -2.56. The fraction of sp³-hybridized carbons (Fsp3) is 0.688. The molecule has 0 saturated carbocycles. The van der Waals surface area contributed by atoms with E-state index in [9.17, 15) is 19.2 Å². The number of unbranched alkanes of at least 4 members (excludes halogenated alkanes) is 1. The molecule has 0 rings (SSSR count). The molecule has 4 amide bonds. The van der Waals surface area contributed by atoms with E-state index in [1.54, 1.807) is 0 Å². The molecule has 29 heavy (non-hydrogen) atoms. The minimum atomic E-state index is -1.29. The van der Waals surface area contributed by atoms with E-state index in [1.807, 2.05) is 0 Å². The van der Waals surface area contributed by atoms with Crippen LogP contribution in [0.15, 0.2) is 0 Å². The molecule has 0 aromatic heterocycles. The van der Waals surface area contributed by atoms with Crippen LogP contribution in [-0.2, 0) is 19.2 Å². The molecule has 14 N–H and O–H groups in total. The van der Waals surface area contributed by atoms with Crippen LogP contribution < -0.4 is 44.6 Å². The molecule has 0 spiro atoms. The highest BCUT2D eigenvalue weighted by Crippen LogP contribution is 2.02. The molecular formula is C16H33N9O4. The molecule has 0 fully saturated rings. The van der Waals surface area contributed by atoms with E-state index in [0.717, 1.165) is 0 Å². The van der Waals surface area contributed by atoms with Gasteiger partial charge in [-0.1, -0.05) is 6.42 Å². The quantitative estimate of drug-likeness (QED) is 0.0721. The van der Waals surface area contributed by atoms with Gasteiger partial charge in [0.25, 0.3) is 0 Å². The van der Waals surface area contributed by atoms with Crippen LogP contribution in [0.1, 0.15) is 38.5 Å². The maximum Gasteiger partial charge on any atom is 0.243 e. The van der Waals surface area contributed by atoms with Crippen molar-refractivity contribution in [1.82, 2.24) is 16.0 Å². The fourth-order valence-electron chi connectivity index (χ4n) is 2.42. The first-order chi connectivity index (χ1) is 13.6. The molecule has 0 aromatic rings. The van der Waals surface area contributed by atoms with Crippen molar-refractivity contribution < 1.29 is 19.2 Å². The summed E-state index contributed by atoms with van der Waals surface area (Å²) < 4.78 is 0. The Hall–Kier alpha value is -2.93. The van der Waals surface area contributed by atoms with Crippen LogP contribution in [0.5, 0.6) is 0 Å². The van der Waals surface area contributed by atoms with Gasteiger partial charge in [0, 0.05) is 6.54 Å². The van der Waals surface area contributed by atoms with E-state index >= 15 is 0 Å². The van der Waals surface area contributed by atoms with E-state index in [-0.39, 0.29) is 12.4 Å². The Balaban J connectivity index is 4.88. The molecule has 0 aliphatic carbocycles. The van der Waals surface area contributed by atoms with Gasteiger partial charge in [0.2, 0.25) is 23.6 Å². The van der Waals surface area contributed by atoms with Crippen LogP contribution in [0.2, 0.25) is 0 Å². The summed E-state index contributed by atoms with van der Waals surface area (Å²) in [6.45, 7) is 0.769. The van der Waals surface area contributed by atoms with Gasteiger partial charge in [0.15, 0.2) is 5.96 Å². The third kappa shape index (κ3) is 12.2. The van der Waals surface area contributed by atoms with Crippen LogP contribution in [0.25, 0.3) is 0 Å². The zero-order valence-electron chi connectivity index (χ0n) is 16.4. The summed E-state index contributed by atoms with van der Waals surface area (Å²) in [7, 11) is 0. The SMILES string of the molecule is N=C(N)NCCC[C@H](NC(=O)[C@H](CC(N)=O)NC(=O)[C@@H](N)CCCCN)C(N)=O. The van der Waals surface area contributed by atoms with Crippen LogP contribution in [0.4, 0.5) is 0 Å². The standard InChI is InChI=1S/C16H33N9O4/c17-6-2-1-4-9(18)14(28)25-11(8-12(19)26)15(29)24-10(13(20)27)5-3-7-23-16(21)22/h9-11H,1-8,17-18H2,(H2,19,26)(H2,20,27)(H,24,29)(H,25,28)(H4,21,22,23)/t9-,10-,11-/m0/s1. The van der Waals surface area contributed by atoms with Crippen LogP contribution in [0, 0.1) is 5.41 Å². The van der Waals surface area contributed by atoms with Gasteiger partial charge in [-0.05, 0) is 32.2 Å². The second-order valence-electron chi connectivity index (χ2n) is 6.57. The smallest absolute Gasteiger partial charge is 0.243 e. The van der Waals surface area contributed by atoms with Gasteiger partial charge >= 0.3 is 0 Å². The van der Waals surface area contributed by atoms with Gasteiger partial charge in [0.05, 0.1) is 12.5 Å². The first kappa shape index (κ1) is 26.1. The highest BCUT2D eigenvalue weighted by Gasteiger charge is 2.28. The van der Waals surface area contributed by atoms with Gasteiger partial charge in [-0.15, -0.1) is 0 Å². The van der Waals surface area contributed by atoms with Crippen molar-refractivity contribution >= 4 is 29.6 Å². The molecule has 13 heteroatoms. The summed E-state index contributed by atoms with van der Waals surface area (Å²) in [5.41, 5.74) is 26.8. The molecule has 0 aliphatic heterocycles. The first-order valence-corrected chi connectivity index (χ1v) is 9.30. The Labute approximate surface area is 169 Å². The number of carbonyl (C=O) groups excluding carboxylic acids is 4. The molecule has 0 bridgehead atoms. The maximum absolute atomic E-state index is 12.5. The van der Waals surface area contributed by atoms with Crippen molar-refractivity contribution in [3.8, 4) is 0 Å². The highest BCUT2D eigenvalue weighted by atomic mass is 16.2. The first-order valence-electron chi connectivity index (χ1n) is 9.30. The topological polar surface area (TPSA) is 258 Å². The van der Waals surface area contributed by atoms with Gasteiger partial charge in [0.1, 0.15) is 12.1 Å². The van der Waals surface area contributed by atoms with Crippen LogP contribution >= 0.6 is 0 Å². The average Bonchev–Trinajstić information content (AvgIpc) is 2.62. The summed E-state index contributed by atoms with van der Waals surface area (Å²) in [6, 6.07) is -3.21. The lowest BCUT2D eigenvalue weighted by Gasteiger charge is -2.22. The van der Waals surface area contributed by atoms with E-state index in [4.69, 9.17) is 34.1 Å². The monoisotopic (exact) mass is 415 g/mol. The molecule has 0 radical (unpaired) electrons. The Kier molecular flexibility index (Phi) is 12.7. The Bertz CT molecular complexity index is 585. The Morgan fingerprint density at radius 1 is 0.862 bits per heavy atom. The lowest BCUT2D eigenvalue weighted by atomic mass is 10.1. The fourth-order valence-corrected chi connectivity index (χ4v) is 2.42. The predicted molar refractivity (Wildman–Crippen MR) is 107 cm³/mol. The number of nitrogens with one attached hydrogen (secondary N) is 4. The third-order valence-corrected chi connectivity index (χ3v) is 3.99. The van der Waals surface area contributed by atoms with E-state index in [0.29, 0.717) is 38.8 Å². The molecule has 0 aliphatic rings. The number of nitrogens with two attached hydrogens (primary N) is 5. The number of hydrogen-bond acceptors (Lipinski definition) is 7. The number of primary amides is 2. The average molecular weight is 415 g/mol. The lowest BCUT2D eigenvalue weighted by molar-refractivity contribution is -0.133. The van der Waals surface area contributed by atoms with Crippen molar-refractivity contribution in [2.45, 2.75) is 56.7 Å². The van der Waals surface area contributed by atoms with Crippen molar-refractivity contribution in [2.24, 2.45) is 28.7 Å². The summed E-state index contributed by atoms with van der Waals surface area (Å²) in [5.74, 6) is -3.23. The van der Waals surface area contributed by atoms with Gasteiger partial charge in [-0.3, -0.25) is 24.6 Å². The summed E-state index contributed by atoms with van der Waals surface area (Å²) >= 11 is 0. The highest BCUT2D eigenvalue weighted by molar-refractivity contribution is 5.95. The summed E-state index contributed by atoms with van der Waals surface area (Å²) in [4.78, 5) is 47.6. The number of carbonyl (C=O) groups is 4. The zero-order chi connectivity index (χ0) is 22.4. The number of hydrogen-bond donors (Lipinski definition) is 9. The van der Waals surface area contributed by atoms with Gasteiger partial charge < -0.3 is 44.6 Å². The van der Waals surface area contributed by atoms with E-state index < -0.39 is 48.2 Å². The van der Waals surface area contributed by atoms with Crippen molar-refractivity contribution in [3.63, 3.8) is 0 Å². The normalized spacial score (nSPS) is 13.6. The Morgan fingerprint density at radius 2 is 1.48 bits per heavy atom. The molecule has 0 saturated heterocycles. The minimum absolute atomic E-state index is 0.164. The molecule has 0 heterocycles. The van der Waals surface area contributed by atoms with Crippen LogP contribution in [0.3, 0.4) is 0 Å². The third-order valence-electron chi connectivity index (χ3n) is 3.99. The largest absolute Gasteiger partial charge is 0.370 e. The maximum atomic E-state index is 12.5.